The van der Waals surface area contributed by atoms with Gasteiger partial charge >= 0.3 is 0 Å². The second-order valence-electron chi connectivity index (χ2n) is 5.06. The fraction of sp³-hybridized carbons (Fsp3) is 0.500. The number of hydrogen-bond acceptors (Lipinski definition) is 3. The Morgan fingerprint density at radius 1 is 1.58 bits per heavy atom. The summed E-state index contributed by atoms with van der Waals surface area (Å²) in [4.78, 5) is 12.5. The van der Waals surface area contributed by atoms with E-state index in [2.05, 4.69) is 40.1 Å². The number of anilines is 1. The van der Waals surface area contributed by atoms with Crippen LogP contribution in [0.25, 0.3) is 0 Å². The van der Waals surface area contributed by atoms with Crippen molar-refractivity contribution in [1.82, 2.24) is 5.32 Å². The highest BCUT2D eigenvalue weighted by atomic mass is 127. The molecule has 2 rings (SSSR count). The van der Waals surface area contributed by atoms with Crippen LogP contribution in [0.1, 0.15) is 12.0 Å². The highest BCUT2D eigenvalue weighted by Crippen LogP contribution is 2.28. The number of carbonyl (C=O) groups is 1. The largest absolute Gasteiger partial charge is 0.384 e. The Morgan fingerprint density at radius 3 is 2.95 bits per heavy atom. The summed E-state index contributed by atoms with van der Waals surface area (Å²) in [6.45, 7) is 4.05. The van der Waals surface area contributed by atoms with Gasteiger partial charge in [-0.2, -0.15) is 0 Å². The number of rotatable bonds is 4. The van der Waals surface area contributed by atoms with Gasteiger partial charge in [0.1, 0.15) is 0 Å². The summed E-state index contributed by atoms with van der Waals surface area (Å²) in [5.41, 5.74) is 1.63. The summed E-state index contributed by atoms with van der Waals surface area (Å²) in [5.74, 6) is 0.0407. The maximum Gasteiger partial charge on any atom is 0.234 e. The van der Waals surface area contributed by atoms with Gasteiger partial charge in [-0.15, -0.1) is 0 Å². The van der Waals surface area contributed by atoms with E-state index in [0.717, 1.165) is 22.2 Å². The lowest BCUT2D eigenvalue weighted by Crippen LogP contribution is -2.41. The fourth-order valence-electron chi connectivity index (χ4n) is 2.34. The smallest absolute Gasteiger partial charge is 0.234 e. The maximum atomic E-state index is 12.5. The highest BCUT2D eigenvalue weighted by Gasteiger charge is 2.41. The lowest BCUT2D eigenvalue weighted by Gasteiger charge is -2.26. The molecule has 1 amide bonds. The van der Waals surface area contributed by atoms with Gasteiger partial charge < -0.3 is 15.4 Å². The Balaban J connectivity index is 2.12. The van der Waals surface area contributed by atoms with E-state index in [0.29, 0.717) is 13.2 Å². The van der Waals surface area contributed by atoms with Gasteiger partial charge in [0.25, 0.3) is 0 Å². The Hall–Kier alpha value is -0.660. The first-order valence-electron chi connectivity index (χ1n) is 6.35. The summed E-state index contributed by atoms with van der Waals surface area (Å²) >= 11 is 2.28. The monoisotopic (exact) mass is 374 g/mol. The molecule has 1 atom stereocenters. The van der Waals surface area contributed by atoms with Crippen LogP contribution in [-0.4, -0.2) is 32.7 Å². The third-order valence-electron chi connectivity index (χ3n) is 3.58. The molecule has 5 heteroatoms. The van der Waals surface area contributed by atoms with E-state index in [1.54, 1.807) is 7.11 Å². The number of methoxy groups -OCH3 is 1. The quantitative estimate of drug-likeness (QED) is 0.795. The fourth-order valence-corrected chi connectivity index (χ4v) is 2.85. The van der Waals surface area contributed by atoms with Gasteiger partial charge in [-0.1, -0.05) is 6.07 Å². The topological polar surface area (TPSA) is 50.4 Å². The van der Waals surface area contributed by atoms with Gasteiger partial charge in [-0.05, 0) is 60.2 Å². The van der Waals surface area contributed by atoms with Crippen molar-refractivity contribution < 1.29 is 9.53 Å². The summed E-state index contributed by atoms with van der Waals surface area (Å²) < 4.78 is 6.38. The number of hydrogen-bond donors (Lipinski definition) is 2. The lowest BCUT2D eigenvalue weighted by atomic mass is 9.87. The van der Waals surface area contributed by atoms with E-state index >= 15 is 0 Å². The summed E-state index contributed by atoms with van der Waals surface area (Å²) in [7, 11) is 1.64. The Bertz CT molecular complexity index is 471. The van der Waals surface area contributed by atoms with Crippen molar-refractivity contribution >= 4 is 34.2 Å². The molecule has 1 fully saturated rings. The molecule has 1 aromatic rings. The number of amides is 1. The second-order valence-corrected chi connectivity index (χ2v) is 6.22. The predicted molar refractivity (Wildman–Crippen MR) is 84.3 cm³/mol. The van der Waals surface area contributed by atoms with Gasteiger partial charge in [0.15, 0.2) is 0 Å². The minimum atomic E-state index is -0.439. The van der Waals surface area contributed by atoms with E-state index < -0.39 is 5.41 Å². The molecule has 1 aliphatic heterocycles. The zero-order chi connectivity index (χ0) is 13.9. The predicted octanol–water partition coefficient (Wildman–Crippen LogP) is 2.16. The van der Waals surface area contributed by atoms with Crippen LogP contribution in [0.2, 0.25) is 0 Å². The Morgan fingerprint density at radius 2 is 2.37 bits per heavy atom. The molecule has 2 N–H and O–H groups in total. The summed E-state index contributed by atoms with van der Waals surface area (Å²) in [5, 5.41) is 6.26. The van der Waals surface area contributed by atoms with Crippen LogP contribution < -0.4 is 10.6 Å². The van der Waals surface area contributed by atoms with Gasteiger partial charge in [-0.3, -0.25) is 4.79 Å². The van der Waals surface area contributed by atoms with Crippen molar-refractivity contribution in [2.24, 2.45) is 5.41 Å². The normalized spacial score (nSPS) is 22.5. The molecular weight excluding hydrogens is 355 g/mol. The van der Waals surface area contributed by atoms with Crippen LogP contribution in [0.3, 0.4) is 0 Å². The number of aryl methyl sites for hydroxylation is 1. The van der Waals surface area contributed by atoms with Crippen LogP contribution in [0.5, 0.6) is 0 Å². The van der Waals surface area contributed by atoms with Crippen molar-refractivity contribution in [2.75, 3.05) is 32.1 Å². The van der Waals surface area contributed by atoms with Crippen molar-refractivity contribution in [2.45, 2.75) is 13.3 Å². The average molecular weight is 374 g/mol. The van der Waals surface area contributed by atoms with Gasteiger partial charge in [0, 0.05) is 22.9 Å². The number of benzene rings is 1. The van der Waals surface area contributed by atoms with E-state index in [4.69, 9.17) is 4.74 Å². The minimum absolute atomic E-state index is 0.0407. The number of halogens is 1. The standard InChI is InChI=1S/C14H19IN2O2/c1-10-3-4-11(7-12(10)15)17-13(18)14(9-19-2)5-6-16-8-14/h3-4,7,16H,5-6,8-9H2,1-2H3,(H,17,18). The third-order valence-corrected chi connectivity index (χ3v) is 4.74. The molecular formula is C14H19IN2O2. The van der Waals surface area contributed by atoms with Crippen molar-refractivity contribution in [3.63, 3.8) is 0 Å². The molecule has 0 saturated carbocycles. The highest BCUT2D eigenvalue weighted by molar-refractivity contribution is 14.1. The molecule has 1 aromatic carbocycles. The molecule has 1 heterocycles. The second kappa shape index (κ2) is 6.19. The average Bonchev–Trinajstić information content (AvgIpc) is 2.84. The van der Waals surface area contributed by atoms with E-state index in [1.165, 1.54) is 5.56 Å². The number of carbonyl (C=O) groups excluding carboxylic acids is 1. The molecule has 1 unspecified atom stereocenters. The van der Waals surface area contributed by atoms with Crippen LogP contribution in [0.15, 0.2) is 18.2 Å². The van der Waals surface area contributed by atoms with Crippen LogP contribution >= 0.6 is 22.6 Å². The zero-order valence-corrected chi connectivity index (χ0v) is 13.4. The molecule has 0 aliphatic carbocycles. The lowest BCUT2D eigenvalue weighted by molar-refractivity contribution is -0.127. The van der Waals surface area contributed by atoms with Crippen LogP contribution in [0, 0.1) is 15.9 Å². The van der Waals surface area contributed by atoms with Gasteiger partial charge in [-0.25, -0.2) is 0 Å². The maximum absolute atomic E-state index is 12.5. The van der Waals surface area contributed by atoms with Gasteiger partial charge in [0.2, 0.25) is 5.91 Å². The molecule has 1 saturated heterocycles. The number of nitrogens with one attached hydrogen (secondary N) is 2. The first-order chi connectivity index (χ1) is 9.07. The molecule has 0 bridgehead atoms. The molecule has 104 valence electrons. The molecule has 4 nitrogen and oxygen atoms in total. The first-order valence-corrected chi connectivity index (χ1v) is 7.42. The Labute approximate surface area is 127 Å². The van der Waals surface area contributed by atoms with Crippen LogP contribution in [-0.2, 0) is 9.53 Å². The van der Waals surface area contributed by atoms with E-state index in [-0.39, 0.29) is 5.91 Å². The van der Waals surface area contributed by atoms with Crippen molar-refractivity contribution in [1.29, 1.82) is 0 Å². The van der Waals surface area contributed by atoms with Crippen molar-refractivity contribution in [3.8, 4) is 0 Å². The molecule has 0 spiro atoms. The third kappa shape index (κ3) is 3.27. The van der Waals surface area contributed by atoms with E-state index in [1.807, 2.05) is 18.2 Å². The van der Waals surface area contributed by atoms with Crippen LogP contribution in [0.4, 0.5) is 5.69 Å². The molecule has 19 heavy (non-hydrogen) atoms. The molecule has 1 aliphatic rings. The molecule has 0 aromatic heterocycles. The Kier molecular flexibility index (Phi) is 4.81. The minimum Gasteiger partial charge on any atom is -0.384 e. The summed E-state index contributed by atoms with van der Waals surface area (Å²) in [6, 6.07) is 5.96. The SMILES string of the molecule is COCC1(C(=O)Nc2ccc(C)c(I)c2)CCNC1. The van der Waals surface area contributed by atoms with Gasteiger partial charge in [0.05, 0.1) is 12.0 Å². The van der Waals surface area contributed by atoms with E-state index in [9.17, 15) is 4.79 Å². The first kappa shape index (κ1) is 14.7. The zero-order valence-electron chi connectivity index (χ0n) is 11.3. The number of ether oxygens (including phenoxy) is 1. The molecule has 0 radical (unpaired) electrons. The van der Waals surface area contributed by atoms with Crippen molar-refractivity contribution in [3.05, 3.63) is 27.3 Å². The summed E-state index contributed by atoms with van der Waals surface area (Å²) in [6.07, 6.45) is 0.815.